The molecule has 3 nitrogen and oxygen atoms in total. The molecule has 0 radical (unpaired) electrons. The molecule has 0 fully saturated rings. The molecule has 0 saturated carbocycles. The highest BCUT2D eigenvalue weighted by Gasteiger charge is 2.09. The summed E-state index contributed by atoms with van der Waals surface area (Å²) in [7, 11) is 1.70. The van der Waals surface area contributed by atoms with Crippen LogP contribution in [-0.2, 0) is 12.8 Å². The number of aryl methyl sites for hydroxylation is 2. The third kappa shape index (κ3) is 3.66. The van der Waals surface area contributed by atoms with Gasteiger partial charge < -0.3 is 9.84 Å². The summed E-state index contributed by atoms with van der Waals surface area (Å²) in [5, 5.41) is 10.0. The van der Waals surface area contributed by atoms with E-state index in [-0.39, 0.29) is 5.78 Å². The number of Topliss-reactive ketones (excluding diaryl/α,β-unsaturated/α-hetero) is 1. The Hall–Kier alpha value is -2.17. The number of ether oxygens (including phenoxy) is 1. The Morgan fingerprint density at radius 1 is 1.12 bits per heavy atom. The van der Waals surface area contributed by atoms with E-state index in [9.17, 15) is 4.79 Å². The molecule has 0 aliphatic carbocycles. The number of ketones is 1. The van der Waals surface area contributed by atoms with Crippen molar-refractivity contribution in [2.75, 3.05) is 13.7 Å². The predicted molar refractivity (Wildman–Crippen MR) is 98.3 cm³/mol. The second-order valence-electron chi connectivity index (χ2n) is 5.73. The number of fused-ring (bicyclic) bond motifs is 1. The summed E-state index contributed by atoms with van der Waals surface area (Å²) >= 11 is 1.45. The molecule has 0 saturated heterocycles. The Labute approximate surface area is 145 Å². The summed E-state index contributed by atoms with van der Waals surface area (Å²) < 4.78 is 6.49. The Morgan fingerprint density at radius 3 is 2.75 bits per heavy atom. The maximum Gasteiger partial charge on any atom is 0.198 e. The van der Waals surface area contributed by atoms with Crippen molar-refractivity contribution in [1.82, 2.24) is 0 Å². The topological polar surface area (TPSA) is 46.5 Å². The van der Waals surface area contributed by atoms with Crippen LogP contribution in [0.3, 0.4) is 0 Å². The number of rotatable bonds is 7. The van der Waals surface area contributed by atoms with Gasteiger partial charge in [0.25, 0.3) is 0 Å². The molecule has 1 N–H and O–H groups in total. The van der Waals surface area contributed by atoms with Gasteiger partial charge in [-0.2, -0.15) is 0 Å². The summed E-state index contributed by atoms with van der Waals surface area (Å²) in [6.45, 7) is -0.432. The van der Waals surface area contributed by atoms with E-state index >= 15 is 0 Å². The maximum absolute atomic E-state index is 11.6. The Bertz CT molecular complexity index is 851. The van der Waals surface area contributed by atoms with Crippen LogP contribution < -0.4 is 4.74 Å². The molecular formula is C20H20O3S. The van der Waals surface area contributed by atoms with E-state index in [1.165, 1.54) is 22.5 Å². The normalized spacial score (nSPS) is 10.9. The standard InChI is InChI=1S/C20H20O3S/c1-23-18-8-3-2-6-15(18)7-4-5-14-9-10-16-12-20(17(22)13-21)24-19(16)11-14/h2-3,6,8-12,21H,4-5,7,13H2,1H3. The minimum Gasteiger partial charge on any atom is -0.496 e. The summed E-state index contributed by atoms with van der Waals surface area (Å²) in [6.07, 6.45) is 3.00. The highest BCUT2D eigenvalue weighted by atomic mass is 32.1. The minimum absolute atomic E-state index is 0.214. The maximum atomic E-state index is 11.6. The molecule has 0 amide bonds. The van der Waals surface area contributed by atoms with Crippen LogP contribution in [-0.4, -0.2) is 24.6 Å². The van der Waals surface area contributed by atoms with Crippen LogP contribution >= 0.6 is 11.3 Å². The van der Waals surface area contributed by atoms with Gasteiger partial charge in [0.1, 0.15) is 12.4 Å². The molecule has 24 heavy (non-hydrogen) atoms. The summed E-state index contributed by atoms with van der Waals surface area (Å²) in [6, 6.07) is 16.3. The van der Waals surface area contributed by atoms with Crippen LogP contribution in [0.2, 0.25) is 0 Å². The highest BCUT2D eigenvalue weighted by Crippen LogP contribution is 2.28. The van der Waals surface area contributed by atoms with Gasteiger partial charge >= 0.3 is 0 Å². The molecule has 0 atom stereocenters. The van der Waals surface area contributed by atoms with Crippen LogP contribution in [0.15, 0.2) is 48.5 Å². The number of aliphatic hydroxyl groups is 1. The first kappa shape index (κ1) is 16.7. The lowest BCUT2D eigenvalue weighted by Gasteiger charge is -2.08. The monoisotopic (exact) mass is 340 g/mol. The van der Waals surface area contributed by atoms with E-state index in [1.807, 2.05) is 24.3 Å². The number of carbonyl (C=O) groups excluding carboxylic acids is 1. The highest BCUT2D eigenvalue weighted by molar-refractivity contribution is 7.20. The minimum atomic E-state index is -0.432. The van der Waals surface area contributed by atoms with Gasteiger partial charge in [0.15, 0.2) is 5.78 Å². The van der Waals surface area contributed by atoms with Crippen LogP contribution in [0.4, 0.5) is 0 Å². The van der Waals surface area contributed by atoms with E-state index in [0.717, 1.165) is 35.1 Å². The fourth-order valence-electron chi connectivity index (χ4n) is 2.84. The van der Waals surface area contributed by atoms with Gasteiger partial charge in [-0.15, -0.1) is 11.3 Å². The van der Waals surface area contributed by atoms with Crippen molar-refractivity contribution in [2.45, 2.75) is 19.3 Å². The number of thiophene rings is 1. The van der Waals surface area contributed by atoms with Crippen molar-refractivity contribution in [3.63, 3.8) is 0 Å². The van der Waals surface area contributed by atoms with E-state index in [1.54, 1.807) is 7.11 Å². The van der Waals surface area contributed by atoms with E-state index in [0.29, 0.717) is 4.88 Å². The molecule has 1 aromatic heterocycles. The molecule has 2 aromatic carbocycles. The third-order valence-corrected chi connectivity index (χ3v) is 5.25. The van der Waals surface area contributed by atoms with Crippen LogP contribution in [0, 0.1) is 0 Å². The van der Waals surface area contributed by atoms with Crippen LogP contribution in [0.1, 0.15) is 27.2 Å². The second kappa shape index (κ2) is 7.60. The number of aliphatic hydroxyl groups excluding tert-OH is 1. The first-order chi connectivity index (χ1) is 11.7. The smallest absolute Gasteiger partial charge is 0.198 e. The zero-order valence-electron chi connectivity index (χ0n) is 13.6. The van der Waals surface area contributed by atoms with Gasteiger partial charge in [-0.1, -0.05) is 30.3 Å². The predicted octanol–water partition coefficient (Wildman–Crippen LogP) is 4.26. The largest absolute Gasteiger partial charge is 0.496 e. The van der Waals surface area contributed by atoms with Gasteiger partial charge in [0, 0.05) is 4.70 Å². The molecule has 4 heteroatoms. The lowest BCUT2D eigenvalue weighted by Crippen LogP contribution is -2.00. The fraction of sp³-hybridized carbons (Fsp3) is 0.250. The summed E-state index contributed by atoms with van der Waals surface area (Å²) in [5.74, 6) is 0.729. The molecule has 0 unspecified atom stereocenters. The average Bonchev–Trinajstić information content (AvgIpc) is 3.05. The molecule has 1 heterocycles. The van der Waals surface area contributed by atoms with Gasteiger partial charge in [0.05, 0.1) is 12.0 Å². The molecular weight excluding hydrogens is 320 g/mol. The second-order valence-corrected chi connectivity index (χ2v) is 6.81. The van der Waals surface area contributed by atoms with Crippen molar-refractivity contribution < 1.29 is 14.6 Å². The number of hydrogen-bond donors (Lipinski definition) is 1. The van der Waals surface area contributed by atoms with Crippen molar-refractivity contribution >= 4 is 27.2 Å². The molecule has 3 aromatic rings. The zero-order chi connectivity index (χ0) is 16.9. The number of benzene rings is 2. The number of hydrogen-bond acceptors (Lipinski definition) is 4. The quantitative estimate of drug-likeness (QED) is 0.654. The summed E-state index contributed by atoms with van der Waals surface area (Å²) in [5.41, 5.74) is 2.50. The number of para-hydroxylation sites is 1. The van der Waals surface area contributed by atoms with Gasteiger partial charge in [-0.3, -0.25) is 4.79 Å². The van der Waals surface area contributed by atoms with Gasteiger partial charge in [-0.25, -0.2) is 0 Å². The molecule has 3 rings (SSSR count). The average molecular weight is 340 g/mol. The number of carbonyl (C=O) groups is 1. The van der Waals surface area contributed by atoms with Crippen molar-refractivity contribution in [3.8, 4) is 5.75 Å². The van der Waals surface area contributed by atoms with E-state index in [4.69, 9.17) is 9.84 Å². The fourth-order valence-corrected chi connectivity index (χ4v) is 3.90. The molecule has 0 aliphatic heterocycles. The Balaban J connectivity index is 1.68. The Kier molecular flexibility index (Phi) is 5.28. The van der Waals surface area contributed by atoms with Gasteiger partial charge in [-0.05, 0) is 54.0 Å². The van der Waals surface area contributed by atoms with Crippen LogP contribution in [0.25, 0.3) is 10.1 Å². The van der Waals surface area contributed by atoms with E-state index < -0.39 is 6.61 Å². The van der Waals surface area contributed by atoms with Crippen LogP contribution in [0.5, 0.6) is 5.75 Å². The lowest BCUT2D eigenvalue weighted by molar-refractivity contribution is 0.0908. The third-order valence-electron chi connectivity index (χ3n) is 4.11. The van der Waals surface area contributed by atoms with Crippen molar-refractivity contribution in [1.29, 1.82) is 0 Å². The number of methoxy groups -OCH3 is 1. The molecule has 124 valence electrons. The lowest BCUT2D eigenvalue weighted by atomic mass is 10.0. The van der Waals surface area contributed by atoms with E-state index in [2.05, 4.69) is 24.3 Å². The SMILES string of the molecule is COc1ccccc1CCCc1ccc2cc(C(=O)CO)sc2c1. The van der Waals surface area contributed by atoms with Gasteiger partial charge in [0.2, 0.25) is 0 Å². The Morgan fingerprint density at radius 2 is 1.96 bits per heavy atom. The first-order valence-corrected chi connectivity index (χ1v) is 8.81. The van der Waals surface area contributed by atoms with Crippen molar-refractivity contribution in [3.05, 3.63) is 64.5 Å². The zero-order valence-corrected chi connectivity index (χ0v) is 14.4. The molecule has 0 aliphatic rings. The summed E-state index contributed by atoms with van der Waals surface area (Å²) in [4.78, 5) is 12.2. The van der Waals surface area contributed by atoms with Crippen molar-refractivity contribution in [2.24, 2.45) is 0 Å². The molecule has 0 spiro atoms. The first-order valence-electron chi connectivity index (χ1n) is 7.99. The molecule has 0 bridgehead atoms.